The van der Waals surface area contributed by atoms with Crippen LogP contribution >= 0.6 is 0 Å². The zero-order valence-electron chi connectivity index (χ0n) is 13.6. The Morgan fingerprint density at radius 2 is 1.38 bits per heavy atom. The standard InChI is InChI=1S/C14H21NO9/c1-5(16)9(20)10-12(21,6(2)17)13(22,7(3)18)11(15)14(23,24-10)8(4)19/h5,10-11,16,21-23H,15H2,1-4H3/t5?,10-,11+,12-,13-,14+/m1/s1. The van der Waals surface area contributed by atoms with Crippen LogP contribution in [0.2, 0.25) is 0 Å². The summed E-state index contributed by atoms with van der Waals surface area (Å²) in [7, 11) is 0. The van der Waals surface area contributed by atoms with Crippen LogP contribution in [0.3, 0.4) is 0 Å². The summed E-state index contributed by atoms with van der Waals surface area (Å²) in [4.78, 5) is 47.9. The van der Waals surface area contributed by atoms with Gasteiger partial charge in [0.15, 0.2) is 40.4 Å². The quantitative estimate of drug-likeness (QED) is 0.335. The smallest absolute Gasteiger partial charge is 0.246 e. The van der Waals surface area contributed by atoms with Gasteiger partial charge in [-0.2, -0.15) is 0 Å². The molecule has 1 saturated heterocycles. The molecule has 0 radical (unpaired) electrons. The Kier molecular flexibility index (Phi) is 5.17. The second-order valence-corrected chi connectivity index (χ2v) is 5.95. The summed E-state index contributed by atoms with van der Waals surface area (Å²) in [6.07, 6.45) is -4.21. The molecule has 0 spiro atoms. The van der Waals surface area contributed by atoms with Crippen molar-refractivity contribution < 1.29 is 44.3 Å². The SMILES string of the molecule is CC(=O)[C@]1(O)O[C@H](C(=O)C(C)O)[C@](O)(C(C)=O)[C@@](O)(C(C)=O)[C@@H]1N. The van der Waals surface area contributed by atoms with Gasteiger partial charge in [0.2, 0.25) is 5.79 Å². The monoisotopic (exact) mass is 347 g/mol. The number of carbonyl (C=O) groups excluding carboxylic acids is 4. The van der Waals surface area contributed by atoms with Crippen molar-refractivity contribution in [3.05, 3.63) is 0 Å². The first kappa shape index (κ1) is 20.5. The first-order chi connectivity index (χ1) is 10.7. The van der Waals surface area contributed by atoms with E-state index < -0.39 is 58.4 Å². The van der Waals surface area contributed by atoms with E-state index in [9.17, 15) is 39.6 Å². The van der Waals surface area contributed by atoms with Crippen LogP contribution in [0, 0.1) is 0 Å². The average Bonchev–Trinajstić information content (AvgIpc) is 2.47. The zero-order valence-corrected chi connectivity index (χ0v) is 13.6. The van der Waals surface area contributed by atoms with Gasteiger partial charge in [0.1, 0.15) is 12.1 Å². The highest BCUT2D eigenvalue weighted by Gasteiger charge is 2.75. The normalized spacial score (nSPS) is 40.7. The predicted molar refractivity (Wildman–Crippen MR) is 76.4 cm³/mol. The summed E-state index contributed by atoms with van der Waals surface area (Å²) in [6.45, 7) is 3.29. The molecule has 1 heterocycles. The fourth-order valence-corrected chi connectivity index (χ4v) is 2.78. The molecule has 1 unspecified atom stereocenters. The van der Waals surface area contributed by atoms with Gasteiger partial charge in [-0.05, 0) is 20.8 Å². The Bertz CT molecular complexity index is 603. The molecule has 24 heavy (non-hydrogen) atoms. The maximum Gasteiger partial charge on any atom is 0.246 e. The number of carbonyl (C=O) groups is 4. The molecule has 0 bridgehead atoms. The number of hydrogen-bond donors (Lipinski definition) is 5. The lowest BCUT2D eigenvalue weighted by atomic mass is 9.64. The molecular formula is C14H21NO9. The number of aliphatic hydroxyl groups excluding tert-OH is 1. The van der Waals surface area contributed by atoms with Crippen LogP contribution < -0.4 is 5.73 Å². The van der Waals surface area contributed by atoms with Crippen molar-refractivity contribution in [3.63, 3.8) is 0 Å². The highest BCUT2D eigenvalue weighted by molar-refractivity contribution is 6.05. The lowest BCUT2D eigenvalue weighted by Crippen LogP contribution is -2.86. The molecule has 0 aromatic rings. The zero-order chi connectivity index (χ0) is 19.2. The van der Waals surface area contributed by atoms with Crippen LogP contribution in [0.1, 0.15) is 27.7 Å². The van der Waals surface area contributed by atoms with Gasteiger partial charge in [0, 0.05) is 6.92 Å². The van der Waals surface area contributed by atoms with E-state index in [2.05, 4.69) is 0 Å². The van der Waals surface area contributed by atoms with E-state index >= 15 is 0 Å². The van der Waals surface area contributed by atoms with E-state index in [0.717, 1.165) is 27.7 Å². The van der Waals surface area contributed by atoms with Crippen molar-refractivity contribution >= 4 is 23.1 Å². The number of ether oxygens (including phenoxy) is 1. The molecule has 6 atom stereocenters. The third-order valence-corrected chi connectivity index (χ3v) is 4.38. The molecule has 1 aliphatic heterocycles. The number of nitrogens with two attached hydrogens (primary N) is 1. The molecule has 0 aromatic heterocycles. The Morgan fingerprint density at radius 3 is 1.67 bits per heavy atom. The second-order valence-electron chi connectivity index (χ2n) is 5.95. The van der Waals surface area contributed by atoms with Gasteiger partial charge in [-0.15, -0.1) is 0 Å². The highest BCUT2D eigenvalue weighted by Crippen LogP contribution is 2.43. The summed E-state index contributed by atoms with van der Waals surface area (Å²) in [6, 6.07) is -2.27. The van der Waals surface area contributed by atoms with Crippen LogP contribution in [-0.4, -0.2) is 78.8 Å². The molecule has 10 nitrogen and oxygen atoms in total. The van der Waals surface area contributed by atoms with Crippen LogP contribution in [0.15, 0.2) is 0 Å². The van der Waals surface area contributed by atoms with E-state index in [1.807, 2.05) is 0 Å². The summed E-state index contributed by atoms with van der Waals surface area (Å²) >= 11 is 0. The molecule has 10 heteroatoms. The van der Waals surface area contributed by atoms with Crippen molar-refractivity contribution in [3.8, 4) is 0 Å². The third-order valence-electron chi connectivity index (χ3n) is 4.38. The molecule has 6 N–H and O–H groups in total. The summed E-state index contributed by atoms with van der Waals surface area (Å²) < 4.78 is 4.88. The topological polar surface area (TPSA) is 184 Å². The fourth-order valence-electron chi connectivity index (χ4n) is 2.78. The molecule has 136 valence electrons. The number of aliphatic hydroxyl groups is 4. The minimum Gasteiger partial charge on any atom is -0.386 e. The minimum absolute atomic E-state index is 0.754. The first-order valence-corrected chi connectivity index (χ1v) is 7.04. The largest absolute Gasteiger partial charge is 0.386 e. The van der Waals surface area contributed by atoms with Crippen molar-refractivity contribution in [2.45, 2.75) is 62.9 Å². The molecule has 1 fully saturated rings. The van der Waals surface area contributed by atoms with Crippen molar-refractivity contribution in [2.75, 3.05) is 0 Å². The van der Waals surface area contributed by atoms with E-state index in [4.69, 9.17) is 10.5 Å². The molecule has 1 rings (SSSR count). The Morgan fingerprint density at radius 1 is 0.958 bits per heavy atom. The Labute approximate surface area is 137 Å². The first-order valence-electron chi connectivity index (χ1n) is 7.04. The number of rotatable bonds is 5. The van der Waals surface area contributed by atoms with Gasteiger partial charge >= 0.3 is 0 Å². The lowest BCUT2D eigenvalue weighted by Gasteiger charge is -2.55. The number of hydrogen-bond acceptors (Lipinski definition) is 10. The Balaban J connectivity index is 3.81. The molecule has 0 aliphatic carbocycles. The summed E-state index contributed by atoms with van der Waals surface area (Å²) in [5, 5.41) is 41.2. The third kappa shape index (κ3) is 2.42. The average molecular weight is 347 g/mol. The van der Waals surface area contributed by atoms with E-state index in [-0.39, 0.29) is 0 Å². The van der Waals surface area contributed by atoms with Crippen molar-refractivity contribution in [1.82, 2.24) is 0 Å². The molecule has 0 amide bonds. The number of Topliss-reactive ketones (excluding diaryl/α,β-unsaturated/α-hetero) is 4. The van der Waals surface area contributed by atoms with Gasteiger partial charge < -0.3 is 30.9 Å². The molecule has 0 saturated carbocycles. The fraction of sp³-hybridized carbons (Fsp3) is 0.714. The molecular weight excluding hydrogens is 326 g/mol. The van der Waals surface area contributed by atoms with E-state index in [1.54, 1.807) is 0 Å². The lowest BCUT2D eigenvalue weighted by molar-refractivity contribution is -0.324. The van der Waals surface area contributed by atoms with Crippen molar-refractivity contribution in [2.24, 2.45) is 5.73 Å². The van der Waals surface area contributed by atoms with Gasteiger partial charge in [0.05, 0.1) is 0 Å². The summed E-state index contributed by atoms with van der Waals surface area (Å²) in [5.74, 6) is -8.11. The maximum absolute atomic E-state index is 12.2. The van der Waals surface area contributed by atoms with Gasteiger partial charge in [-0.3, -0.25) is 19.2 Å². The van der Waals surface area contributed by atoms with E-state index in [1.165, 1.54) is 0 Å². The Hall–Kier alpha value is -1.56. The van der Waals surface area contributed by atoms with Crippen molar-refractivity contribution in [1.29, 1.82) is 0 Å². The number of ketones is 4. The maximum atomic E-state index is 12.2. The van der Waals surface area contributed by atoms with Gasteiger partial charge in [-0.1, -0.05) is 0 Å². The molecule has 1 aliphatic rings. The van der Waals surface area contributed by atoms with Crippen LogP contribution in [-0.2, 0) is 23.9 Å². The van der Waals surface area contributed by atoms with Crippen LogP contribution in [0.25, 0.3) is 0 Å². The predicted octanol–water partition coefficient (Wildman–Crippen LogP) is -3.42. The second kappa shape index (κ2) is 6.06. The van der Waals surface area contributed by atoms with Gasteiger partial charge in [0.25, 0.3) is 0 Å². The minimum atomic E-state index is -3.22. The van der Waals surface area contributed by atoms with Crippen LogP contribution in [0.5, 0.6) is 0 Å². The van der Waals surface area contributed by atoms with E-state index in [0.29, 0.717) is 0 Å². The highest BCUT2D eigenvalue weighted by atomic mass is 16.7. The van der Waals surface area contributed by atoms with Crippen LogP contribution in [0.4, 0.5) is 0 Å². The summed E-state index contributed by atoms with van der Waals surface area (Å²) in [5.41, 5.74) is -0.837. The molecule has 0 aromatic carbocycles. The van der Waals surface area contributed by atoms with Gasteiger partial charge in [-0.25, -0.2) is 0 Å².